The Morgan fingerprint density at radius 2 is 1.79 bits per heavy atom. The van der Waals surface area contributed by atoms with Gasteiger partial charge in [-0.1, -0.05) is 36.1 Å². The molecule has 5 nitrogen and oxygen atoms in total. The van der Waals surface area contributed by atoms with Gasteiger partial charge in [0.15, 0.2) is 0 Å². The number of anilines is 1. The Balaban J connectivity index is 1.67. The molecule has 1 amide bonds. The number of amides is 1. The number of hydrogen-bond donors (Lipinski definition) is 0. The van der Waals surface area contributed by atoms with Crippen molar-refractivity contribution in [1.29, 1.82) is 0 Å². The van der Waals surface area contributed by atoms with E-state index < -0.39 is 0 Å². The van der Waals surface area contributed by atoms with Crippen molar-refractivity contribution in [3.05, 3.63) is 34.7 Å². The van der Waals surface area contributed by atoms with Crippen molar-refractivity contribution < 1.29 is 9.53 Å². The van der Waals surface area contributed by atoms with Crippen LogP contribution in [0.5, 0.6) is 0 Å². The van der Waals surface area contributed by atoms with Crippen molar-refractivity contribution in [3.63, 3.8) is 0 Å². The van der Waals surface area contributed by atoms with Gasteiger partial charge in [0.2, 0.25) is 0 Å². The summed E-state index contributed by atoms with van der Waals surface area (Å²) in [7, 11) is 0. The molecular weight excluding hydrogens is 437 g/mol. The van der Waals surface area contributed by atoms with E-state index in [1.165, 1.54) is 11.8 Å². The number of carbonyl (C=O) groups excluding carboxylic acids is 1. The summed E-state index contributed by atoms with van der Waals surface area (Å²) in [4.78, 5) is 19.5. The number of carbonyl (C=O) groups is 1. The summed E-state index contributed by atoms with van der Waals surface area (Å²) < 4.78 is 5.97. The van der Waals surface area contributed by atoms with Gasteiger partial charge in [0, 0.05) is 43.6 Å². The van der Waals surface area contributed by atoms with E-state index in [1.54, 1.807) is 4.90 Å². The Morgan fingerprint density at radius 1 is 1.14 bits per heavy atom. The number of ether oxygens (including phenoxy) is 1. The molecular formula is C19H23Cl2N3O2S2. The number of halogens is 2. The molecule has 3 rings (SSSR count). The summed E-state index contributed by atoms with van der Waals surface area (Å²) in [5, 5.41) is 0. The molecule has 0 N–H and O–H groups in total. The van der Waals surface area contributed by atoms with Gasteiger partial charge in [-0.25, -0.2) is 0 Å². The molecule has 0 aromatic heterocycles. The summed E-state index contributed by atoms with van der Waals surface area (Å²) in [5.74, 6) is 1.06. The first-order valence-electron chi connectivity index (χ1n) is 9.15. The van der Waals surface area contributed by atoms with Crippen LogP contribution in [0.15, 0.2) is 29.2 Å². The third kappa shape index (κ3) is 5.62. The lowest BCUT2D eigenvalue weighted by molar-refractivity contribution is -0.124. The van der Waals surface area contributed by atoms with Crippen molar-refractivity contribution in [2.45, 2.75) is 0 Å². The lowest BCUT2D eigenvalue weighted by atomic mass is 10.1. The summed E-state index contributed by atoms with van der Waals surface area (Å²) in [5.41, 5.74) is 2.03. The third-order valence-corrected chi connectivity index (χ3v) is 6.30. The van der Waals surface area contributed by atoms with Gasteiger partial charge in [-0.15, -0.1) is 23.2 Å². The molecule has 1 aromatic rings. The average molecular weight is 460 g/mol. The normalized spacial score (nSPS) is 19.6. The minimum Gasteiger partial charge on any atom is -0.379 e. The third-order valence-electron chi connectivity index (χ3n) is 4.58. The zero-order valence-electron chi connectivity index (χ0n) is 15.5. The molecule has 0 unspecified atom stereocenters. The summed E-state index contributed by atoms with van der Waals surface area (Å²) in [6.07, 6.45) is 1.90. The Bertz CT molecular complexity index is 718. The van der Waals surface area contributed by atoms with Gasteiger partial charge < -0.3 is 9.64 Å². The second-order valence-electron chi connectivity index (χ2n) is 6.44. The van der Waals surface area contributed by atoms with Crippen LogP contribution in [0.4, 0.5) is 5.69 Å². The van der Waals surface area contributed by atoms with E-state index in [-0.39, 0.29) is 5.91 Å². The van der Waals surface area contributed by atoms with Crippen LogP contribution in [-0.4, -0.2) is 77.8 Å². The van der Waals surface area contributed by atoms with Crippen LogP contribution in [0.3, 0.4) is 0 Å². The van der Waals surface area contributed by atoms with Crippen molar-refractivity contribution in [3.8, 4) is 0 Å². The summed E-state index contributed by atoms with van der Waals surface area (Å²) >= 11 is 18.5. The number of thiocarbonyl (C=S) groups is 1. The molecule has 9 heteroatoms. The fourth-order valence-electron chi connectivity index (χ4n) is 3.07. The minimum atomic E-state index is -0.0310. The molecule has 0 bridgehead atoms. The first-order chi connectivity index (χ1) is 13.6. The Hall–Kier alpha value is -0.830. The van der Waals surface area contributed by atoms with Gasteiger partial charge in [0.25, 0.3) is 5.91 Å². The second kappa shape index (κ2) is 10.8. The second-order valence-corrected chi connectivity index (χ2v) is 8.87. The molecule has 28 heavy (non-hydrogen) atoms. The minimum absolute atomic E-state index is 0.0310. The number of hydrogen-bond acceptors (Lipinski definition) is 6. The van der Waals surface area contributed by atoms with Crippen LogP contribution in [0, 0.1) is 0 Å². The molecule has 152 valence electrons. The van der Waals surface area contributed by atoms with E-state index in [1.807, 2.05) is 30.3 Å². The highest BCUT2D eigenvalue weighted by Gasteiger charge is 2.33. The number of thioether (sulfide) groups is 1. The van der Waals surface area contributed by atoms with Crippen LogP contribution >= 0.6 is 47.2 Å². The molecule has 1 aromatic carbocycles. The number of nitrogens with zero attached hydrogens (tertiary/aromatic N) is 3. The van der Waals surface area contributed by atoms with Crippen LogP contribution in [0.1, 0.15) is 5.56 Å². The molecule has 2 saturated heterocycles. The largest absolute Gasteiger partial charge is 0.379 e. The van der Waals surface area contributed by atoms with Gasteiger partial charge in [-0.2, -0.15) is 0 Å². The van der Waals surface area contributed by atoms with Crippen LogP contribution in [0.25, 0.3) is 6.08 Å². The monoisotopic (exact) mass is 459 g/mol. The number of alkyl halides is 2. The fraction of sp³-hybridized carbons (Fsp3) is 0.474. The molecule has 0 saturated carbocycles. The first kappa shape index (κ1) is 21.9. The van der Waals surface area contributed by atoms with E-state index >= 15 is 0 Å². The smallest absolute Gasteiger partial charge is 0.267 e. The summed E-state index contributed by atoms with van der Waals surface area (Å²) in [6.45, 7) is 5.04. The van der Waals surface area contributed by atoms with Gasteiger partial charge in [0.1, 0.15) is 4.32 Å². The predicted molar refractivity (Wildman–Crippen MR) is 122 cm³/mol. The molecule has 0 aliphatic carbocycles. The lowest BCUT2D eigenvalue weighted by Crippen LogP contribution is -2.45. The van der Waals surface area contributed by atoms with Crippen LogP contribution < -0.4 is 4.90 Å². The van der Waals surface area contributed by atoms with Gasteiger partial charge in [-0.05, 0) is 23.8 Å². The Kier molecular flexibility index (Phi) is 8.44. The van der Waals surface area contributed by atoms with Crippen molar-refractivity contribution in [2.75, 3.05) is 62.7 Å². The van der Waals surface area contributed by atoms with Gasteiger partial charge in [-0.3, -0.25) is 14.6 Å². The van der Waals surface area contributed by atoms with Gasteiger partial charge in [0.05, 0.1) is 24.8 Å². The quantitative estimate of drug-likeness (QED) is 0.336. The molecule has 2 fully saturated rings. The molecule has 0 spiro atoms. The highest BCUT2D eigenvalue weighted by atomic mass is 35.5. The van der Waals surface area contributed by atoms with Crippen molar-refractivity contribution in [1.82, 2.24) is 9.80 Å². The Labute approximate surface area is 185 Å². The van der Waals surface area contributed by atoms with Crippen LogP contribution in [0.2, 0.25) is 0 Å². The fourth-order valence-corrected chi connectivity index (χ4v) is 4.72. The van der Waals surface area contributed by atoms with E-state index in [0.29, 0.717) is 40.9 Å². The topological polar surface area (TPSA) is 36.0 Å². The Morgan fingerprint density at radius 3 is 2.39 bits per heavy atom. The lowest BCUT2D eigenvalue weighted by Gasteiger charge is -2.29. The van der Waals surface area contributed by atoms with E-state index in [9.17, 15) is 4.79 Å². The SMILES string of the molecule is O=C1/C(=C\c2ccc(N(CCCl)CCCl)cc2)SC(=S)N1CN1CCOCC1. The predicted octanol–water partition coefficient (Wildman–Crippen LogP) is 3.46. The molecule has 0 radical (unpaired) electrons. The van der Waals surface area contributed by atoms with E-state index in [0.717, 1.165) is 37.4 Å². The van der Waals surface area contributed by atoms with E-state index in [4.69, 9.17) is 40.2 Å². The highest BCUT2D eigenvalue weighted by Crippen LogP contribution is 2.33. The zero-order valence-corrected chi connectivity index (χ0v) is 18.6. The molecule has 2 heterocycles. The maximum atomic E-state index is 12.8. The first-order valence-corrected chi connectivity index (χ1v) is 11.4. The molecule has 2 aliphatic rings. The maximum Gasteiger partial charge on any atom is 0.267 e. The van der Waals surface area contributed by atoms with Crippen molar-refractivity contribution >= 4 is 69.2 Å². The highest BCUT2D eigenvalue weighted by molar-refractivity contribution is 8.26. The average Bonchev–Trinajstić information content (AvgIpc) is 2.97. The number of morpholine rings is 1. The maximum absolute atomic E-state index is 12.8. The van der Waals surface area contributed by atoms with Crippen LogP contribution in [-0.2, 0) is 9.53 Å². The van der Waals surface area contributed by atoms with Crippen molar-refractivity contribution in [2.24, 2.45) is 0 Å². The molecule has 2 aliphatic heterocycles. The summed E-state index contributed by atoms with van der Waals surface area (Å²) in [6, 6.07) is 8.05. The standard InChI is InChI=1S/C19H23Cl2N3O2S2/c20-5-7-23(8-6-21)16-3-1-15(2-4-16)13-17-18(25)24(19(27)28-17)14-22-9-11-26-12-10-22/h1-4,13H,5-12,14H2/b17-13+. The number of benzene rings is 1. The van der Waals surface area contributed by atoms with E-state index in [2.05, 4.69) is 9.80 Å². The zero-order chi connectivity index (χ0) is 19.9. The van der Waals surface area contributed by atoms with Gasteiger partial charge >= 0.3 is 0 Å². The molecule has 0 atom stereocenters. The number of rotatable bonds is 8.